The molecule has 17 heavy (non-hydrogen) atoms. The average molecular weight is 233 g/mol. The van der Waals surface area contributed by atoms with Crippen LogP contribution in [-0.4, -0.2) is 37.3 Å². The van der Waals surface area contributed by atoms with Crippen molar-refractivity contribution >= 4 is 5.82 Å². The Balaban J connectivity index is 1.87. The fourth-order valence-electron chi connectivity index (χ4n) is 2.55. The summed E-state index contributed by atoms with van der Waals surface area (Å²) in [5.41, 5.74) is 2.61. The van der Waals surface area contributed by atoms with Crippen LogP contribution in [0.2, 0.25) is 0 Å². The van der Waals surface area contributed by atoms with Gasteiger partial charge in [-0.2, -0.15) is 0 Å². The molecule has 0 unspecified atom stereocenters. The highest BCUT2D eigenvalue weighted by atomic mass is 16.5. The number of fused-ring (bicyclic) bond motifs is 1. The highest BCUT2D eigenvalue weighted by Gasteiger charge is 2.21. The van der Waals surface area contributed by atoms with Gasteiger partial charge in [-0.1, -0.05) is 6.07 Å². The first-order valence-corrected chi connectivity index (χ1v) is 6.38. The molecule has 0 amide bonds. The second-order valence-electron chi connectivity index (χ2n) is 4.82. The van der Waals surface area contributed by atoms with Crippen LogP contribution in [0.4, 0.5) is 5.82 Å². The maximum Gasteiger partial charge on any atom is 0.129 e. The summed E-state index contributed by atoms with van der Waals surface area (Å²) in [5, 5.41) is 3.38. The minimum absolute atomic E-state index is 0.427. The maximum atomic E-state index is 5.47. The molecule has 2 aliphatic heterocycles. The molecule has 0 aliphatic carbocycles. The third-order valence-electron chi connectivity index (χ3n) is 3.57. The minimum Gasteiger partial charge on any atom is -0.377 e. The highest BCUT2D eigenvalue weighted by Crippen LogP contribution is 2.21. The summed E-state index contributed by atoms with van der Waals surface area (Å²) in [6, 6.07) is 4.79. The van der Waals surface area contributed by atoms with Gasteiger partial charge >= 0.3 is 0 Å². The number of pyridine rings is 1. The Kier molecular flexibility index (Phi) is 2.99. The van der Waals surface area contributed by atoms with Gasteiger partial charge in [0.1, 0.15) is 5.82 Å². The SMILES string of the molecule is C[C@H]1COCCN1c1ccc2c(n1)CCNC2. The third kappa shape index (κ3) is 2.15. The molecule has 0 saturated carbocycles. The second kappa shape index (κ2) is 4.63. The summed E-state index contributed by atoms with van der Waals surface area (Å²) in [6.45, 7) is 6.77. The van der Waals surface area contributed by atoms with Crippen LogP contribution in [0, 0.1) is 0 Å². The first-order chi connectivity index (χ1) is 8.34. The Hall–Kier alpha value is -1.13. The predicted molar refractivity (Wildman–Crippen MR) is 67.3 cm³/mol. The van der Waals surface area contributed by atoms with E-state index in [4.69, 9.17) is 9.72 Å². The lowest BCUT2D eigenvalue weighted by molar-refractivity contribution is 0.0985. The summed E-state index contributed by atoms with van der Waals surface area (Å²) in [5.74, 6) is 1.11. The Morgan fingerprint density at radius 1 is 1.47 bits per heavy atom. The number of rotatable bonds is 1. The van der Waals surface area contributed by atoms with E-state index in [1.807, 2.05) is 0 Å². The monoisotopic (exact) mass is 233 g/mol. The van der Waals surface area contributed by atoms with Gasteiger partial charge in [-0.25, -0.2) is 4.98 Å². The molecule has 0 aromatic carbocycles. The lowest BCUT2D eigenvalue weighted by Gasteiger charge is -2.34. The van der Waals surface area contributed by atoms with E-state index >= 15 is 0 Å². The number of nitrogens with zero attached hydrogens (tertiary/aromatic N) is 2. The number of nitrogens with one attached hydrogen (secondary N) is 1. The molecule has 1 saturated heterocycles. The Labute approximate surface area is 102 Å². The first kappa shape index (κ1) is 11.0. The highest BCUT2D eigenvalue weighted by molar-refractivity contribution is 5.43. The van der Waals surface area contributed by atoms with Crippen LogP contribution in [0.15, 0.2) is 12.1 Å². The van der Waals surface area contributed by atoms with Gasteiger partial charge in [0.15, 0.2) is 0 Å². The summed E-state index contributed by atoms with van der Waals surface area (Å²) >= 11 is 0. The van der Waals surface area contributed by atoms with E-state index in [0.717, 1.165) is 45.1 Å². The van der Waals surface area contributed by atoms with Crippen molar-refractivity contribution in [3.05, 3.63) is 23.4 Å². The van der Waals surface area contributed by atoms with Crippen molar-refractivity contribution in [3.8, 4) is 0 Å². The number of ether oxygens (including phenoxy) is 1. The molecular formula is C13H19N3O. The molecule has 1 N–H and O–H groups in total. The molecule has 92 valence electrons. The number of anilines is 1. The molecule has 1 aromatic rings. The quantitative estimate of drug-likeness (QED) is 0.784. The van der Waals surface area contributed by atoms with E-state index in [2.05, 4.69) is 29.3 Å². The van der Waals surface area contributed by atoms with Gasteiger partial charge in [0.25, 0.3) is 0 Å². The van der Waals surface area contributed by atoms with E-state index in [-0.39, 0.29) is 0 Å². The standard InChI is InChI=1S/C13H19N3O/c1-10-9-17-7-6-16(10)13-3-2-11-8-14-5-4-12(11)15-13/h2-3,10,14H,4-9H2,1H3/t10-/m0/s1. The van der Waals surface area contributed by atoms with Crippen LogP contribution in [0.1, 0.15) is 18.2 Å². The van der Waals surface area contributed by atoms with Crippen molar-refractivity contribution < 1.29 is 4.74 Å². The van der Waals surface area contributed by atoms with E-state index in [9.17, 15) is 0 Å². The molecule has 4 nitrogen and oxygen atoms in total. The molecule has 0 radical (unpaired) electrons. The lowest BCUT2D eigenvalue weighted by atomic mass is 10.1. The van der Waals surface area contributed by atoms with Gasteiger partial charge in [0, 0.05) is 31.7 Å². The van der Waals surface area contributed by atoms with Crippen LogP contribution in [0.25, 0.3) is 0 Å². The number of aromatic nitrogens is 1. The van der Waals surface area contributed by atoms with Crippen molar-refractivity contribution in [1.29, 1.82) is 0 Å². The lowest BCUT2D eigenvalue weighted by Crippen LogP contribution is -2.44. The van der Waals surface area contributed by atoms with Crippen LogP contribution in [0.5, 0.6) is 0 Å². The van der Waals surface area contributed by atoms with Gasteiger partial charge < -0.3 is 15.0 Å². The van der Waals surface area contributed by atoms with E-state index in [1.54, 1.807) is 0 Å². The van der Waals surface area contributed by atoms with E-state index in [0.29, 0.717) is 6.04 Å². The third-order valence-corrected chi connectivity index (χ3v) is 3.57. The van der Waals surface area contributed by atoms with Crippen LogP contribution in [-0.2, 0) is 17.7 Å². The maximum absolute atomic E-state index is 5.47. The molecule has 3 heterocycles. The fourth-order valence-corrected chi connectivity index (χ4v) is 2.55. The van der Waals surface area contributed by atoms with Crippen molar-refractivity contribution in [2.45, 2.75) is 25.9 Å². The Morgan fingerprint density at radius 2 is 2.41 bits per heavy atom. The largest absolute Gasteiger partial charge is 0.377 e. The number of morpholine rings is 1. The van der Waals surface area contributed by atoms with Gasteiger partial charge in [-0.05, 0) is 18.6 Å². The smallest absolute Gasteiger partial charge is 0.129 e. The Morgan fingerprint density at radius 3 is 3.29 bits per heavy atom. The average Bonchev–Trinajstić information content (AvgIpc) is 2.39. The van der Waals surface area contributed by atoms with Crippen molar-refractivity contribution in [2.24, 2.45) is 0 Å². The van der Waals surface area contributed by atoms with Crippen molar-refractivity contribution in [3.63, 3.8) is 0 Å². The molecule has 4 heteroatoms. The topological polar surface area (TPSA) is 37.4 Å². The van der Waals surface area contributed by atoms with Crippen LogP contribution < -0.4 is 10.2 Å². The molecule has 0 bridgehead atoms. The zero-order valence-corrected chi connectivity index (χ0v) is 10.3. The van der Waals surface area contributed by atoms with Gasteiger partial charge in [-0.15, -0.1) is 0 Å². The van der Waals surface area contributed by atoms with Crippen LogP contribution >= 0.6 is 0 Å². The van der Waals surface area contributed by atoms with Crippen LogP contribution in [0.3, 0.4) is 0 Å². The summed E-state index contributed by atoms with van der Waals surface area (Å²) < 4.78 is 5.47. The summed E-state index contributed by atoms with van der Waals surface area (Å²) in [6.07, 6.45) is 1.04. The molecule has 2 aliphatic rings. The van der Waals surface area contributed by atoms with Gasteiger partial charge in [0.2, 0.25) is 0 Å². The zero-order valence-electron chi connectivity index (χ0n) is 10.3. The first-order valence-electron chi connectivity index (χ1n) is 6.38. The van der Waals surface area contributed by atoms with E-state index in [1.165, 1.54) is 11.3 Å². The van der Waals surface area contributed by atoms with Crippen molar-refractivity contribution in [1.82, 2.24) is 10.3 Å². The summed E-state index contributed by atoms with van der Waals surface area (Å²) in [7, 11) is 0. The fraction of sp³-hybridized carbons (Fsp3) is 0.615. The van der Waals surface area contributed by atoms with Gasteiger partial charge in [0.05, 0.1) is 19.3 Å². The van der Waals surface area contributed by atoms with E-state index < -0.39 is 0 Å². The van der Waals surface area contributed by atoms with Crippen molar-refractivity contribution in [2.75, 3.05) is 31.2 Å². The molecule has 3 rings (SSSR count). The normalized spacial score (nSPS) is 24.5. The molecular weight excluding hydrogens is 214 g/mol. The minimum atomic E-state index is 0.427. The molecule has 1 aromatic heterocycles. The van der Waals surface area contributed by atoms with Gasteiger partial charge in [-0.3, -0.25) is 0 Å². The summed E-state index contributed by atoms with van der Waals surface area (Å²) in [4.78, 5) is 7.17. The molecule has 0 spiro atoms. The second-order valence-corrected chi connectivity index (χ2v) is 4.82. The number of hydrogen-bond donors (Lipinski definition) is 1. The number of hydrogen-bond acceptors (Lipinski definition) is 4. The molecule has 1 fully saturated rings. The zero-order chi connectivity index (χ0) is 11.7. The Bertz CT molecular complexity index is 408. The predicted octanol–water partition coefficient (Wildman–Crippen LogP) is 0.952. The molecule has 1 atom stereocenters.